The Bertz CT molecular complexity index is 432. The summed E-state index contributed by atoms with van der Waals surface area (Å²) in [6.07, 6.45) is 0. The van der Waals surface area contributed by atoms with Crippen LogP contribution in [0.1, 0.15) is 19.4 Å². The van der Waals surface area contributed by atoms with Crippen molar-refractivity contribution in [1.29, 1.82) is 0 Å². The van der Waals surface area contributed by atoms with Crippen molar-refractivity contribution in [1.82, 2.24) is 4.72 Å². The molecule has 0 heterocycles. The maximum Gasteiger partial charge on any atom is 0.241 e. The fourth-order valence-corrected chi connectivity index (χ4v) is 2.81. The van der Waals surface area contributed by atoms with Crippen molar-refractivity contribution in [3.05, 3.63) is 29.8 Å². The molecular formula is C10H17ClN2O2S. The summed E-state index contributed by atoms with van der Waals surface area (Å²) in [6, 6.07) is 6.62. The highest BCUT2D eigenvalue weighted by molar-refractivity contribution is 7.89. The first-order chi connectivity index (χ1) is 6.97. The third kappa shape index (κ3) is 3.75. The van der Waals surface area contributed by atoms with Crippen molar-refractivity contribution >= 4 is 22.4 Å². The first-order valence-corrected chi connectivity index (χ1v) is 6.26. The molecular weight excluding hydrogens is 248 g/mol. The van der Waals surface area contributed by atoms with Gasteiger partial charge in [-0.05, 0) is 25.5 Å². The Morgan fingerprint density at radius 2 is 1.88 bits per heavy atom. The molecule has 0 spiro atoms. The minimum atomic E-state index is -3.43. The van der Waals surface area contributed by atoms with Gasteiger partial charge in [0.05, 0.1) is 4.90 Å². The lowest BCUT2D eigenvalue weighted by atomic mass is 10.2. The molecule has 0 bridgehead atoms. The molecule has 0 radical (unpaired) electrons. The van der Waals surface area contributed by atoms with Gasteiger partial charge in [0.1, 0.15) is 0 Å². The predicted octanol–water partition coefficient (Wildman–Crippen LogP) is 1.25. The summed E-state index contributed by atoms with van der Waals surface area (Å²) in [5.41, 5.74) is 6.12. The van der Waals surface area contributed by atoms with Crippen molar-refractivity contribution < 1.29 is 8.42 Å². The van der Waals surface area contributed by atoms with Crippen LogP contribution >= 0.6 is 12.4 Å². The maximum absolute atomic E-state index is 11.9. The number of nitrogens with one attached hydrogen (secondary N) is 1. The molecule has 0 atom stereocenters. The SMILES string of the molecule is CC(C)NS(=O)(=O)c1ccccc1CN.Cl. The van der Waals surface area contributed by atoms with Crippen LogP contribution in [0.4, 0.5) is 0 Å². The van der Waals surface area contributed by atoms with E-state index in [1.54, 1.807) is 38.1 Å². The highest BCUT2D eigenvalue weighted by atomic mass is 35.5. The Hall–Kier alpha value is -0.620. The molecule has 92 valence electrons. The minimum absolute atomic E-state index is 0. The first-order valence-electron chi connectivity index (χ1n) is 4.77. The van der Waals surface area contributed by atoms with Crippen LogP contribution in [0.25, 0.3) is 0 Å². The minimum Gasteiger partial charge on any atom is -0.326 e. The molecule has 3 N–H and O–H groups in total. The molecule has 1 rings (SSSR count). The smallest absolute Gasteiger partial charge is 0.241 e. The normalized spacial score (nSPS) is 11.2. The standard InChI is InChI=1S/C10H16N2O2S.ClH/c1-8(2)12-15(13,14)10-6-4-3-5-9(10)7-11;/h3-6,8,12H,7,11H2,1-2H3;1H. The zero-order chi connectivity index (χ0) is 11.5. The molecule has 0 aliphatic heterocycles. The first kappa shape index (κ1) is 15.4. The maximum atomic E-state index is 11.9. The van der Waals surface area contributed by atoms with Gasteiger partial charge in [0.2, 0.25) is 10.0 Å². The van der Waals surface area contributed by atoms with Gasteiger partial charge in [-0.1, -0.05) is 18.2 Å². The zero-order valence-corrected chi connectivity index (χ0v) is 10.9. The molecule has 1 aromatic carbocycles. The Labute approximate surface area is 103 Å². The van der Waals surface area contributed by atoms with Crippen LogP contribution in [-0.4, -0.2) is 14.5 Å². The Balaban J connectivity index is 0.00000225. The van der Waals surface area contributed by atoms with Crippen LogP contribution in [0.2, 0.25) is 0 Å². The number of hydrogen-bond acceptors (Lipinski definition) is 3. The molecule has 0 aliphatic carbocycles. The largest absolute Gasteiger partial charge is 0.326 e. The number of nitrogens with two attached hydrogens (primary N) is 1. The van der Waals surface area contributed by atoms with E-state index in [2.05, 4.69) is 4.72 Å². The summed E-state index contributed by atoms with van der Waals surface area (Å²) in [5, 5.41) is 0. The third-order valence-electron chi connectivity index (χ3n) is 1.87. The van der Waals surface area contributed by atoms with E-state index in [-0.39, 0.29) is 29.9 Å². The highest BCUT2D eigenvalue weighted by Gasteiger charge is 2.17. The average molecular weight is 265 g/mol. The van der Waals surface area contributed by atoms with Gasteiger partial charge in [0, 0.05) is 12.6 Å². The molecule has 0 fully saturated rings. The van der Waals surface area contributed by atoms with Gasteiger partial charge in [-0.3, -0.25) is 0 Å². The van der Waals surface area contributed by atoms with Gasteiger partial charge in [-0.2, -0.15) is 0 Å². The molecule has 16 heavy (non-hydrogen) atoms. The van der Waals surface area contributed by atoms with Crippen LogP contribution in [0.3, 0.4) is 0 Å². The second kappa shape index (κ2) is 6.20. The van der Waals surface area contributed by atoms with Gasteiger partial charge >= 0.3 is 0 Å². The molecule has 0 saturated carbocycles. The van der Waals surface area contributed by atoms with Crippen molar-refractivity contribution in [3.63, 3.8) is 0 Å². The van der Waals surface area contributed by atoms with Crippen LogP contribution in [0, 0.1) is 0 Å². The topological polar surface area (TPSA) is 72.2 Å². The van der Waals surface area contributed by atoms with Gasteiger partial charge in [-0.25, -0.2) is 13.1 Å². The van der Waals surface area contributed by atoms with Crippen molar-refractivity contribution in [2.75, 3.05) is 0 Å². The number of hydrogen-bond donors (Lipinski definition) is 2. The number of rotatable bonds is 4. The van der Waals surface area contributed by atoms with Crippen LogP contribution in [-0.2, 0) is 16.6 Å². The van der Waals surface area contributed by atoms with Gasteiger partial charge in [0.25, 0.3) is 0 Å². The van der Waals surface area contributed by atoms with Crippen LogP contribution in [0.5, 0.6) is 0 Å². The monoisotopic (exact) mass is 264 g/mol. The highest BCUT2D eigenvalue weighted by Crippen LogP contribution is 2.14. The summed E-state index contributed by atoms with van der Waals surface area (Å²) >= 11 is 0. The van der Waals surface area contributed by atoms with E-state index >= 15 is 0 Å². The Morgan fingerprint density at radius 1 is 1.31 bits per heavy atom. The lowest BCUT2D eigenvalue weighted by molar-refractivity contribution is 0.568. The Morgan fingerprint density at radius 3 is 2.38 bits per heavy atom. The summed E-state index contributed by atoms with van der Waals surface area (Å²) in [7, 11) is -3.43. The van der Waals surface area contributed by atoms with E-state index < -0.39 is 10.0 Å². The lowest BCUT2D eigenvalue weighted by Crippen LogP contribution is -2.31. The molecule has 0 aliphatic rings. The van der Waals surface area contributed by atoms with E-state index in [4.69, 9.17) is 5.73 Å². The summed E-state index contributed by atoms with van der Waals surface area (Å²) in [6.45, 7) is 3.78. The molecule has 0 amide bonds. The lowest BCUT2D eigenvalue weighted by Gasteiger charge is -2.12. The molecule has 6 heteroatoms. The summed E-state index contributed by atoms with van der Waals surface area (Å²) < 4.78 is 26.2. The van der Waals surface area contributed by atoms with Crippen molar-refractivity contribution in [2.45, 2.75) is 31.3 Å². The molecule has 0 unspecified atom stereocenters. The van der Waals surface area contributed by atoms with E-state index in [0.717, 1.165) is 0 Å². The number of sulfonamides is 1. The molecule has 0 aromatic heterocycles. The number of halogens is 1. The average Bonchev–Trinajstić information content (AvgIpc) is 2.16. The van der Waals surface area contributed by atoms with Crippen molar-refractivity contribution in [3.8, 4) is 0 Å². The van der Waals surface area contributed by atoms with E-state index in [1.165, 1.54) is 0 Å². The molecule has 1 aromatic rings. The van der Waals surface area contributed by atoms with Gasteiger partial charge < -0.3 is 5.73 Å². The quantitative estimate of drug-likeness (QED) is 0.860. The predicted molar refractivity (Wildman–Crippen MR) is 67.0 cm³/mol. The summed E-state index contributed by atoms with van der Waals surface area (Å²) in [4.78, 5) is 0.265. The van der Waals surface area contributed by atoms with Gasteiger partial charge in [-0.15, -0.1) is 12.4 Å². The second-order valence-electron chi connectivity index (χ2n) is 3.59. The van der Waals surface area contributed by atoms with Crippen LogP contribution in [0.15, 0.2) is 29.2 Å². The zero-order valence-electron chi connectivity index (χ0n) is 9.30. The third-order valence-corrected chi connectivity index (χ3v) is 3.63. The van der Waals surface area contributed by atoms with E-state index in [1.807, 2.05) is 0 Å². The number of benzene rings is 1. The van der Waals surface area contributed by atoms with E-state index in [0.29, 0.717) is 5.56 Å². The molecule has 4 nitrogen and oxygen atoms in total. The van der Waals surface area contributed by atoms with Crippen LogP contribution < -0.4 is 10.5 Å². The van der Waals surface area contributed by atoms with E-state index in [9.17, 15) is 8.42 Å². The fourth-order valence-electron chi connectivity index (χ4n) is 1.31. The summed E-state index contributed by atoms with van der Waals surface area (Å²) in [5.74, 6) is 0. The second-order valence-corrected chi connectivity index (χ2v) is 5.27. The van der Waals surface area contributed by atoms with Crippen molar-refractivity contribution in [2.24, 2.45) is 5.73 Å². The fraction of sp³-hybridized carbons (Fsp3) is 0.400. The van der Waals surface area contributed by atoms with Gasteiger partial charge in [0.15, 0.2) is 0 Å². The molecule has 0 saturated heterocycles. The Kier molecular flexibility index (Phi) is 5.96.